The van der Waals surface area contributed by atoms with Crippen LogP contribution >= 0.6 is 11.6 Å². The van der Waals surface area contributed by atoms with Gasteiger partial charge in [0, 0.05) is 10.8 Å². The molecule has 0 saturated carbocycles. The lowest BCUT2D eigenvalue weighted by Gasteiger charge is -2.09. The number of sulfone groups is 1. The lowest BCUT2D eigenvalue weighted by atomic mass is 10.0. The average molecular weight is 261 g/mol. The van der Waals surface area contributed by atoms with E-state index in [2.05, 4.69) is 13.8 Å². The van der Waals surface area contributed by atoms with Crippen LogP contribution in [0.15, 0.2) is 18.2 Å². The molecule has 0 aliphatic rings. The highest BCUT2D eigenvalue weighted by atomic mass is 35.5. The van der Waals surface area contributed by atoms with Gasteiger partial charge in [-0.1, -0.05) is 44.5 Å². The van der Waals surface area contributed by atoms with Gasteiger partial charge in [0.2, 0.25) is 0 Å². The summed E-state index contributed by atoms with van der Waals surface area (Å²) in [7, 11) is -2.98. The normalized spacial score (nSPS) is 12.1. The SMILES string of the molecule is CCS(=O)(=O)Cc1ccc(C(C)C)c(Cl)c1. The summed E-state index contributed by atoms with van der Waals surface area (Å²) < 4.78 is 22.9. The van der Waals surface area contributed by atoms with Gasteiger partial charge in [-0.2, -0.15) is 0 Å². The number of hydrogen-bond donors (Lipinski definition) is 0. The molecule has 0 heterocycles. The summed E-state index contributed by atoms with van der Waals surface area (Å²) >= 11 is 6.10. The number of halogens is 1. The lowest BCUT2D eigenvalue weighted by molar-refractivity contribution is 0.596. The van der Waals surface area contributed by atoms with Crippen molar-refractivity contribution in [1.29, 1.82) is 0 Å². The Morgan fingerprint density at radius 1 is 1.31 bits per heavy atom. The van der Waals surface area contributed by atoms with Crippen LogP contribution in [0.5, 0.6) is 0 Å². The van der Waals surface area contributed by atoms with E-state index in [0.717, 1.165) is 11.1 Å². The van der Waals surface area contributed by atoms with Crippen molar-refractivity contribution in [2.45, 2.75) is 32.4 Å². The third-order valence-corrected chi connectivity index (χ3v) is 4.49. The van der Waals surface area contributed by atoms with Crippen LogP contribution in [0.2, 0.25) is 5.02 Å². The van der Waals surface area contributed by atoms with Crippen LogP contribution < -0.4 is 0 Å². The minimum Gasteiger partial charge on any atom is -0.229 e. The molecular weight excluding hydrogens is 244 g/mol. The van der Waals surface area contributed by atoms with Gasteiger partial charge in [0.1, 0.15) is 0 Å². The molecule has 0 fully saturated rings. The molecular formula is C12H17ClO2S. The van der Waals surface area contributed by atoms with E-state index in [1.54, 1.807) is 13.0 Å². The van der Waals surface area contributed by atoms with Crippen molar-refractivity contribution in [3.05, 3.63) is 34.3 Å². The summed E-state index contributed by atoms with van der Waals surface area (Å²) in [5.41, 5.74) is 1.82. The number of rotatable bonds is 4. The maximum atomic E-state index is 11.5. The molecule has 0 spiro atoms. The molecule has 4 heteroatoms. The van der Waals surface area contributed by atoms with Gasteiger partial charge in [-0.05, 0) is 23.1 Å². The fraction of sp³-hybridized carbons (Fsp3) is 0.500. The van der Waals surface area contributed by atoms with Gasteiger partial charge in [0.05, 0.1) is 5.75 Å². The highest BCUT2D eigenvalue weighted by Crippen LogP contribution is 2.25. The van der Waals surface area contributed by atoms with Gasteiger partial charge in [0.25, 0.3) is 0 Å². The van der Waals surface area contributed by atoms with Crippen LogP contribution in [-0.2, 0) is 15.6 Å². The van der Waals surface area contributed by atoms with Crippen LogP contribution in [0.1, 0.15) is 37.8 Å². The molecule has 0 radical (unpaired) electrons. The number of benzene rings is 1. The van der Waals surface area contributed by atoms with Crippen molar-refractivity contribution in [1.82, 2.24) is 0 Å². The third-order valence-electron chi connectivity index (χ3n) is 2.51. The van der Waals surface area contributed by atoms with E-state index in [9.17, 15) is 8.42 Å². The van der Waals surface area contributed by atoms with E-state index in [1.807, 2.05) is 12.1 Å². The van der Waals surface area contributed by atoms with E-state index in [1.165, 1.54) is 0 Å². The first-order valence-electron chi connectivity index (χ1n) is 5.34. The minimum absolute atomic E-state index is 0.0710. The smallest absolute Gasteiger partial charge is 0.154 e. The minimum atomic E-state index is -2.98. The van der Waals surface area contributed by atoms with Crippen molar-refractivity contribution in [2.24, 2.45) is 0 Å². The molecule has 0 bridgehead atoms. The fourth-order valence-corrected chi connectivity index (χ4v) is 2.80. The van der Waals surface area contributed by atoms with E-state index in [4.69, 9.17) is 11.6 Å². The van der Waals surface area contributed by atoms with E-state index in [-0.39, 0.29) is 11.5 Å². The van der Waals surface area contributed by atoms with E-state index < -0.39 is 9.84 Å². The third kappa shape index (κ3) is 3.49. The largest absolute Gasteiger partial charge is 0.229 e. The van der Waals surface area contributed by atoms with Crippen molar-refractivity contribution >= 4 is 21.4 Å². The molecule has 0 N–H and O–H groups in total. The Morgan fingerprint density at radius 3 is 2.38 bits per heavy atom. The second kappa shape index (κ2) is 5.19. The average Bonchev–Trinajstić information content (AvgIpc) is 2.16. The molecule has 0 aliphatic carbocycles. The Balaban J connectivity index is 2.99. The highest BCUT2D eigenvalue weighted by molar-refractivity contribution is 7.90. The Kier molecular flexibility index (Phi) is 4.39. The van der Waals surface area contributed by atoms with Crippen LogP contribution in [0, 0.1) is 0 Å². The van der Waals surface area contributed by atoms with E-state index in [0.29, 0.717) is 10.9 Å². The van der Waals surface area contributed by atoms with Gasteiger partial charge in [-0.25, -0.2) is 8.42 Å². The molecule has 0 amide bonds. The molecule has 1 aromatic rings. The summed E-state index contributed by atoms with van der Waals surface area (Å²) in [6, 6.07) is 5.51. The maximum Gasteiger partial charge on any atom is 0.154 e. The molecule has 90 valence electrons. The zero-order chi connectivity index (χ0) is 12.3. The summed E-state index contributed by atoms with van der Waals surface area (Å²) in [6.07, 6.45) is 0. The number of hydrogen-bond acceptors (Lipinski definition) is 2. The first-order chi connectivity index (χ1) is 7.35. The zero-order valence-corrected chi connectivity index (χ0v) is 11.4. The van der Waals surface area contributed by atoms with Crippen molar-refractivity contribution < 1.29 is 8.42 Å². The molecule has 1 aromatic carbocycles. The van der Waals surface area contributed by atoms with Gasteiger partial charge in [-0.3, -0.25) is 0 Å². The maximum absolute atomic E-state index is 11.5. The Morgan fingerprint density at radius 2 is 1.94 bits per heavy atom. The summed E-state index contributed by atoms with van der Waals surface area (Å²) in [5, 5.41) is 0.652. The quantitative estimate of drug-likeness (QED) is 0.832. The lowest BCUT2D eigenvalue weighted by Crippen LogP contribution is -2.06. The Hall–Kier alpha value is -0.540. The van der Waals surface area contributed by atoms with Crippen molar-refractivity contribution in [2.75, 3.05) is 5.75 Å². The van der Waals surface area contributed by atoms with Gasteiger partial charge in [-0.15, -0.1) is 0 Å². The summed E-state index contributed by atoms with van der Waals surface area (Å²) in [6.45, 7) is 5.77. The molecule has 1 rings (SSSR count). The van der Waals surface area contributed by atoms with Crippen LogP contribution in [0.4, 0.5) is 0 Å². The van der Waals surface area contributed by atoms with Crippen LogP contribution in [0.3, 0.4) is 0 Å². The van der Waals surface area contributed by atoms with Gasteiger partial charge >= 0.3 is 0 Å². The predicted octanol–water partition coefficient (Wildman–Crippen LogP) is 3.40. The molecule has 2 nitrogen and oxygen atoms in total. The highest BCUT2D eigenvalue weighted by Gasteiger charge is 2.11. The molecule has 0 aromatic heterocycles. The van der Waals surface area contributed by atoms with Gasteiger partial charge < -0.3 is 0 Å². The monoisotopic (exact) mass is 260 g/mol. The summed E-state index contributed by atoms with van der Waals surface area (Å²) in [5.74, 6) is 0.586. The second-order valence-electron chi connectivity index (χ2n) is 4.19. The summed E-state index contributed by atoms with van der Waals surface area (Å²) in [4.78, 5) is 0. The van der Waals surface area contributed by atoms with Crippen LogP contribution in [-0.4, -0.2) is 14.2 Å². The Labute approximate surface area is 103 Å². The predicted molar refractivity (Wildman–Crippen MR) is 68.7 cm³/mol. The fourth-order valence-electron chi connectivity index (χ4n) is 1.48. The molecule has 0 unspecified atom stereocenters. The molecule has 0 atom stereocenters. The van der Waals surface area contributed by atoms with Crippen LogP contribution in [0.25, 0.3) is 0 Å². The standard InChI is InChI=1S/C12H17ClO2S/c1-4-16(14,15)8-10-5-6-11(9(2)3)12(13)7-10/h5-7,9H,4,8H2,1-3H3. The zero-order valence-electron chi connectivity index (χ0n) is 9.83. The first-order valence-corrected chi connectivity index (χ1v) is 7.54. The Bertz CT molecular complexity index is 464. The topological polar surface area (TPSA) is 34.1 Å². The van der Waals surface area contributed by atoms with Crippen molar-refractivity contribution in [3.8, 4) is 0 Å². The van der Waals surface area contributed by atoms with Crippen molar-refractivity contribution in [3.63, 3.8) is 0 Å². The van der Waals surface area contributed by atoms with E-state index >= 15 is 0 Å². The van der Waals surface area contributed by atoms with Gasteiger partial charge in [0.15, 0.2) is 9.84 Å². The molecule has 0 saturated heterocycles. The first kappa shape index (κ1) is 13.5. The molecule has 0 aliphatic heterocycles. The molecule has 16 heavy (non-hydrogen) atoms. The second-order valence-corrected chi connectivity index (χ2v) is 6.95.